The van der Waals surface area contributed by atoms with Crippen LogP contribution in [0.15, 0.2) is 370 Å². The summed E-state index contributed by atoms with van der Waals surface area (Å²) in [6.45, 7) is 21.7. The molecule has 0 atom stereocenters. The summed E-state index contributed by atoms with van der Waals surface area (Å²) in [5.41, 5.74) is 32.5. The minimum Gasteiger partial charge on any atom is -0.249 e. The lowest BCUT2D eigenvalue weighted by atomic mass is 9.94. The van der Waals surface area contributed by atoms with E-state index in [0.717, 1.165) is 140 Å². The van der Waals surface area contributed by atoms with Gasteiger partial charge in [0.1, 0.15) is 0 Å². The minimum atomic E-state index is 0.302. The fourth-order valence-corrected chi connectivity index (χ4v) is 15.4. The van der Waals surface area contributed by atoms with Gasteiger partial charge in [-0.25, -0.2) is 49.8 Å². The Bertz CT molecular complexity index is 7000. The quantitative estimate of drug-likeness (QED) is 0.110. The van der Waals surface area contributed by atoms with Crippen LogP contribution in [0.3, 0.4) is 0 Å². The molecule has 5 heterocycles. The Kier molecular flexibility index (Phi) is 24.6. The average molecular weight is 1570 g/mol. The number of nitrogens with zero attached hydrogens (tertiary/aromatic N) is 10. The summed E-state index contributed by atoms with van der Waals surface area (Å²) in [5.74, 6) is 1.58. The molecule has 0 saturated heterocycles. The molecule has 0 N–H and O–H groups in total. The molecule has 121 heavy (non-hydrogen) atoms. The maximum atomic E-state index is 4.99. The van der Waals surface area contributed by atoms with Crippen molar-refractivity contribution in [2.45, 2.75) is 98.8 Å². The molecule has 0 aliphatic heterocycles. The van der Waals surface area contributed by atoms with Crippen molar-refractivity contribution in [2.24, 2.45) is 0 Å². The van der Waals surface area contributed by atoms with Crippen LogP contribution in [-0.2, 0) is 0 Å². The highest BCUT2D eigenvalue weighted by Crippen LogP contribution is 2.39. The van der Waals surface area contributed by atoms with E-state index < -0.39 is 0 Å². The molecule has 20 aromatic rings. The highest BCUT2D eigenvalue weighted by atomic mass is 14.9. The molecule has 0 saturated carbocycles. The lowest BCUT2D eigenvalue weighted by molar-refractivity contribution is 0.825. The van der Waals surface area contributed by atoms with Crippen LogP contribution < -0.4 is 0 Å². The predicted molar refractivity (Wildman–Crippen MR) is 507 cm³/mol. The maximum absolute atomic E-state index is 4.99. The number of rotatable bonds is 13. The molecule has 10 heteroatoms. The standard InChI is InChI=1S/3C23H20N2.2C21H18N2/c1-16(2)22-23(25-21-15-9-8-14-20(21)24-22)19-13-7-6-12-18(19)17-10-4-3-5-11-17;1-16(2)22-23(25-21-14-7-6-13-20(21)24-22)19-12-8-11-18(15-19)17-9-4-3-5-10-17;1-16(2)22-23(25-21-11-7-6-10-20(21)24-22)19-14-12-18(13-15-19)17-8-4-3-5-9-17;1-14(2)20-21(23-19-13-6-5-12-18(19)22-20)17-11-7-9-15-8-3-4-10-16(15)17;1-14(2)20-21(23-19-10-6-5-9-18(19)22-20)17-12-11-15-7-3-4-8-16(15)13-17/h3*3-16H,1-2H3;2*3-14H,1-2H3. The molecule has 0 aliphatic carbocycles. The number of para-hydroxylation sites is 10. The predicted octanol–water partition coefficient (Wildman–Crippen LogP) is 29.4. The number of benzene rings is 15. The van der Waals surface area contributed by atoms with Gasteiger partial charge < -0.3 is 0 Å². The summed E-state index contributed by atoms with van der Waals surface area (Å²) in [4.78, 5) is 49.1. The van der Waals surface area contributed by atoms with E-state index in [9.17, 15) is 0 Å². The van der Waals surface area contributed by atoms with Crippen molar-refractivity contribution in [3.63, 3.8) is 0 Å². The summed E-state index contributed by atoms with van der Waals surface area (Å²) in [5, 5.41) is 4.93. The Hall–Kier alpha value is -14.5. The Balaban J connectivity index is 0.000000112. The molecule has 20 rings (SSSR count). The molecule has 0 amide bonds. The summed E-state index contributed by atoms with van der Waals surface area (Å²) < 4.78 is 0. The highest BCUT2D eigenvalue weighted by molar-refractivity contribution is 5.98. The monoisotopic (exact) mass is 1570 g/mol. The van der Waals surface area contributed by atoms with Crippen molar-refractivity contribution in [1.82, 2.24) is 49.8 Å². The Morgan fingerprint density at radius 1 is 0.149 bits per heavy atom. The molecule has 0 aliphatic rings. The third kappa shape index (κ3) is 18.3. The van der Waals surface area contributed by atoms with Gasteiger partial charge in [0.2, 0.25) is 0 Å². The lowest BCUT2D eigenvalue weighted by Crippen LogP contribution is -2.01. The molecular weight excluding hydrogens is 1470 g/mol. The summed E-state index contributed by atoms with van der Waals surface area (Å²) >= 11 is 0. The minimum absolute atomic E-state index is 0.302. The SMILES string of the molecule is CC(C)c1nc2ccccc2nc1-c1ccc(-c2ccccc2)cc1.CC(C)c1nc2ccccc2nc1-c1ccc2ccccc2c1.CC(C)c1nc2ccccc2nc1-c1cccc(-c2ccccc2)c1.CC(C)c1nc2ccccc2nc1-c1cccc2ccccc12.CC(C)c1nc2ccccc2nc1-c1ccccc1-c1ccccc1. The number of hydrogen-bond donors (Lipinski definition) is 0. The first-order chi connectivity index (χ1) is 59.1. The van der Waals surface area contributed by atoms with E-state index in [1.165, 1.54) is 54.9 Å². The molecule has 5 aromatic heterocycles. The zero-order chi connectivity index (χ0) is 83.3. The van der Waals surface area contributed by atoms with E-state index in [1.807, 2.05) is 140 Å². The molecule has 590 valence electrons. The van der Waals surface area contributed by atoms with E-state index in [4.69, 9.17) is 49.8 Å². The van der Waals surface area contributed by atoms with Gasteiger partial charge in [-0.2, -0.15) is 0 Å². The smallest absolute Gasteiger partial charge is 0.0934 e. The van der Waals surface area contributed by atoms with Gasteiger partial charge in [-0.3, -0.25) is 0 Å². The van der Waals surface area contributed by atoms with Crippen molar-refractivity contribution in [3.05, 3.63) is 399 Å². The third-order valence-electron chi connectivity index (χ3n) is 21.6. The van der Waals surface area contributed by atoms with Gasteiger partial charge in [0.25, 0.3) is 0 Å². The third-order valence-corrected chi connectivity index (χ3v) is 21.6. The largest absolute Gasteiger partial charge is 0.249 e. The lowest BCUT2D eigenvalue weighted by Gasteiger charge is -2.15. The molecule has 0 bridgehead atoms. The molecule has 15 aromatic carbocycles. The van der Waals surface area contributed by atoms with Crippen LogP contribution in [0, 0.1) is 0 Å². The zero-order valence-electron chi connectivity index (χ0n) is 70.1. The van der Waals surface area contributed by atoms with Gasteiger partial charge in [-0.15, -0.1) is 0 Å². The van der Waals surface area contributed by atoms with Gasteiger partial charge in [-0.1, -0.05) is 366 Å². The van der Waals surface area contributed by atoms with Crippen molar-refractivity contribution in [3.8, 4) is 89.7 Å². The van der Waals surface area contributed by atoms with Crippen molar-refractivity contribution in [1.29, 1.82) is 0 Å². The topological polar surface area (TPSA) is 129 Å². The van der Waals surface area contributed by atoms with Crippen LogP contribution in [0.1, 0.15) is 127 Å². The summed E-state index contributed by atoms with van der Waals surface area (Å²) in [6, 6.07) is 127. The second-order valence-corrected chi connectivity index (χ2v) is 31.9. The summed E-state index contributed by atoms with van der Waals surface area (Å²) in [6.07, 6.45) is 0. The second-order valence-electron chi connectivity index (χ2n) is 31.9. The number of hydrogen-bond acceptors (Lipinski definition) is 10. The van der Waals surface area contributed by atoms with Crippen LogP contribution in [0.2, 0.25) is 0 Å². The molecule has 0 spiro atoms. The first kappa shape index (κ1) is 80.3. The molecule has 0 fully saturated rings. The van der Waals surface area contributed by atoms with Gasteiger partial charge in [-0.05, 0) is 157 Å². The normalized spacial score (nSPS) is 11.3. The van der Waals surface area contributed by atoms with E-state index >= 15 is 0 Å². The van der Waals surface area contributed by atoms with Gasteiger partial charge >= 0.3 is 0 Å². The van der Waals surface area contributed by atoms with E-state index in [2.05, 4.69) is 300 Å². The van der Waals surface area contributed by atoms with Crippen molar-refractivity contribution < 1.29 is 0 Å². The molecule has 0 radical (unpaired) electrons. The summed E-state index contributed by atoms with van der Waals surface area (Å²) in [7, 11) is 0. The van der Waals surface area contributed by atoms with Crippen molar-refractivity contribution in [2.75, 3.05) is 0 Å². The van der Waals surface area contributed by atoms with Crippen LogP contribution in [-0.4, -0.2) is 49.8 Å². The number of fused-ring (bicyclic) bond motifs is 7. The van der Waals surface area contributed by atoms with Gasteiger partial charge in [0.05, 0.1) is 112 Å². The van der Waals surface area contributed by atoms with Crippen LogP contribution in [0.25, 0.3) is 166 Å². The highest BCUT2D eigenvalue weighted by Gasteiger charge is 2.22. The average Bonchev–Trinajstić information content (AvgIpc) is 0.684. The van der Waals surface area contributed by atoms with Crippen LogP contribution in [0.5, 0.6) is 0 Å². The molecule has 0 unspecified atom stereocenters. The molecular formula is C111H96N10. The second kappa shape index (κ2) is 37.0. The van der Waals surface area contributed by atoms with E-state index in [1.54, 1.807) is 0 Å². The fraction of sp³-hybridized carbons (Fsp3) is 0.135. The Morgan fingerprint density at radius 3 is 0.843 bits per heavy atom. The van der Waals surface area contributed by atoms with E-state index in [-0.39, 0.29) is 0 Å². The van der Waals surface area contributed by atoms with Crippen LogP contribution >= 0.6 is 0 Å². The van der Waals surface area contributed by atoms with Crippen LogP contribution in [0.4, 0.5) is 0 Å². The Morgan fingerprint density at radius 2 is 0.405 bits per heavy atom. The zero-order valence-corrected chi connectivity index (χ0v) is 70.1. The molecule has 10 nitrogen and oxygen atoms in total. The van der Waals surface area contributed by atoms with Crippen molar-refractivity contribution >= 4 is 76.7 Å². The van der Waals surface area contributed by atoms with Gasteiger partial charge in [0, 0.05) is 27.8 Å². The first-order valence-corrected chi connectivity index (χ1v) is 41.9. The Labute approximate surface area is 709 Å². The van der Waals surface area contributed by atoms with Gasteiger partial charge in [0.15, 0.2) is 0 Å². The fourth-order valence-electron chi connectivity index (χ4n) is 15.4. The first-order valence-electron chi connectivity index (χ1n) is 41.9. The maximum Gasteiger partial charge on any atom is 0.0934 e. The number of aromatic nitrogens is 10. The van der Waals surface area contributed by atoms with E-state index in [0.29, 0.717) is 29.6 Å².